The van der Waals surface area contributed by atoms with Crippen LogP contribution in [0, 0.1) is 0 Å². The van der Waals surface area contributed by atoms with Crippen molar-refractivity contribution in [1.29, 1.82) is 0 Å². The Morgan fingerprint density at radius 1 is 0.619 bits per heavy atom. The molecule has 1 aliphatic heterocycles. The summed E-state index contributed by atoms with van der Waals surface area (Å²) in [6.07, 6.45) is 5.91. The molecule has 42 heavy (non-hydrogen) atoms. The van der Waals surface area contributed by atoms with E-state index in [9.17, 15) is 4.55 Å². The first-order valence-electron chi connectivity index (χ1n) is 14.3. The van der Waals surface area contributed by atoms with Crippen LogP contribution in [0.5, 0.6) is 0 Å². The van der Waals surface area contributed by atoms with Crippen molar-refractivity contribution in [1.82, 2.24) is 9.13 Å². The topological polar surface area (TPSA) is 47.2 Å². The SMILES string of the molecule is CS1(=O)(O)c2cc3c(cc2C2C=c4c(n(-c5ccccc5)c5ccccc45)=CC21)c1ccccc1n3-c1ccccc1. The fourth-order valence-corrected chi connectivity index (χ4v) is 10.3. The number of para-hydroxylation sites is 4. The zero-order chi connectivity index (χ0) is 28.2. The highest BCUT2D eigenvalue weighted by Gasteiger charge is 2.49. The van der Waals surface area contributed by atoms with Crippen LogP contribution in [0.2, 0.25) is 0 Å². The van der Waals surface area contributed by atoms with E-state index in [0.717, 1.165) is 60.2 Å². The smallest absolute Gasteiger partial charge is 0.0802 e. The van der Waals surface area contributed by atoms with Gasteiger partial charge in [-0.15, -0.1) is 0 Å². The predicted octanol–water partition coefficient (Wildman–Crippen LogP) is 6.75. The van der Waals surface area contributed by atoms with Gasteiger partial charge in [-0.05, 0) is 60.2 Å². The molecule has 2 aliphatic rings. The minimum absolute atomic E-state index is 0.208. The van der Waals surface area contributed by atoms with Crippen LogP contribution in [0.4, 0.5) is 0 Å². The Labute approximate surface area is 242 Å². The predicted molar refractivity (Wildman–Crippen MR) is 174 cm³/mol. The van der Waals surface area contributed by atoms with E-state index in [4.69, 9.17) is 0 Å². The summed E-state index contributed by atoms with van der Waals surface area (Å²) in [6.45, 7) is 0. The molecule has 0 saturated heterocycles. The van der Waals surface area contributed by atoms with Crippen molar-refractivity contribution in [3.8, 4) is 11.4 Å². The fourth-order valence-electron chi connectivity index (χ4n) is 7.49. The average molecular weight is 565 g/mol. The van der Waals surface area contributed by atoms with E-state index in [1.54, 1.807) is 6.26 Å². The molecule has 0 bridgehead atoms. The van der Waals surface area contributed by atoms with Gasteiger partial charge in [0.25, 0.3) is 0 Å². The highest BCUT2D eigenvalue weighted by atomic mass is 32.3. The standard InChI is InChI=1S/C37H28N2O2S/c1-42(40,41)36-22-34-28(26-16-8-10-18-32(26)38(34)24-12-4-2-5-13-24)20-30(36)31-21-29-27-17-9-11-19-33(27)39(35(29)23-37(31)42)25-14-6-3-7-15-25/h2-23,30,36H,1H3,(H,40,41). The van der Waals surface area contributed by atoms with Crippen molar-refractivity contribution < 1.29 is 8.76 Å². The van der Waals surface area contributed by atoms with E-state index in [0.29, 0.717) is 4.90 Å². The highest BCUT2D eigenvalue weighted by molar-refractivity contribution is 8.15. The second-order valence-corrected chi connectivity index (χ2v) is 15.5. The minimum atomic E-state index is -4.30. The second kappa shape index (κ2) is 7.97. The molecular weight excluding hydrogens is 536 g/mol. The van der Waals surface area contributed by atoms with E-state index in [1.165, 1.54) is 0 Å². The summed E-state index contributed by atoms with van der Waals surface area (Å²) in [7, 11) is -4.30. The highest BCUT2D eigenvalue weighted by Crippen LogP contribution is 2.55. The van der Waals surface area contributed by atoms with Crippen molar-refractivity contribution in [2.24, 2.45) is 0 Å². The molecule has 7 aromatic rings. The lowest BCUT2D eigenvalue weighted by Gasteiger charge is -2.41. The zero-order valence-electron chi connectivity index (χ0n) is 23.0. The maximum Gasteiger partial charge on any atom is 0.0802 e. The summed E-state index contributed by atoms with van der Waals surface area (Å²) in [5.41, 5.74) is 6.16. The molecule has 0 fully saturated rings. The normalized spacial score (nSPS) is 20.7. The molecular formula is C37H28N2O2S. The lowest BCUT2D eigenvalue weighted by atomic mass is 9.90. The van der Waals surface area contributed by atoms with Gasteiger partial charge in [-0.1, -0.05) is 78.9 Å². The number of hydrogen-bond acceptors (Lipinski definition) is 1. The van der Waals surface area contributed by atoms with E-state index in [1.807, 2.05) is 42.5 Å². The number of nitrogens with zero attached hydrogens (tertiary/aromatic N) is 2. The van der Waals surface area contributed by atoms with Crippen LogP contribution in [0.15, 0.2) is 126 Å². The Morgan fingerprint density at radius 3 is 1.88 bits per heavy atom. The zero-order valence-corrected chi connectivity index (χ0v) is 23.8. The number of hydrogen-bond donors (Lipinski definition) is 1. The summed E-state index contributed by atoms with van der Waals surface area (Å²) in [4.78, 5) is 0.558. The second-order valence-electron chi connectivity index (χ2n) is 11.8. The monoisotopic (exact) mass is 564 g/mol. The summed E-state index contributed by atoms with van der Waals surface area (Å²) >= 11 is 0. The molecule has 1 aliphatic carbocycles. The van der Waals surface area contributed by atoms with Gasteiger partial charge in [-0.2, -0.15) is 9.35 Å². The summed E-state index contributed by atoms with van der Waals surface area (Å²) in [5, 5.41) is 4.93. The van der Waals surface area contributed by atoms with Gasteiger partial charge in [0.1, 0.15) is 0 Å². The first-order chi connectivity index (χ1) is 20.4. The van der Waals surface area contributed by atoms with Gasteiger partial charge in [0.05, 0.1) is 32.0 Å². The van der Waals surface area contributed by atoms with Crippen molar-refractivity contribution >= 4 is 54.2 Å². The van der Waals surface area contributed by atoms with E-state index in [2.05, 4.69) is 100 Å². The Balaban J connectivity index is 1.39. The molecule has 204 valence electrons. The Bertz CT molecular complexity index is 2450. The third-order valence-corrected chi connectivity index (χ3v) is 12.5. The molecule has 0 radical (unpaired) electrons. The Kier molecular flexibility index (Phi) is 4.54. The Morgan fingerprint density at radius 2 is 1.19 bits per heavy atom. The van der Waals surface area contributed by atoms with Crippen molar-refractivity contribution in [3.63, 3.8) is 0 Å². The molecule has 5 aromatic carbocycles. The third kappa shape index (κ3) is 3.02. The summed E-state index contributed by atoms with van der Waals surface area (Å²) < 4.78 is 31.8. The number of benzene rings is 5. The van der Waals surface area contributed by atoms with Crippen LogP contribution < -0.4 is 10.6 Å². The van der Waals surface area contributed by atoms with Crippen LogP contribution in [0.25, 0.3) is 56.2 Å². The molecule has 0 saturated carbocycles. The third-order valence-electron chi connectivity index (χ3n) is 9.34. The summed E-state index contributed by atoms with van der Waals surface area (Å²) in [6, 6.07) is 41.5. The van der Waals surface area contributed by atoms with E-state index in [-0.39, 0.29) is 5.92 Å². The molecule has 0 spiro atoms. The minimum Gasteiger partial charge on any atom is -0.310 e. The van der Waals surface area contributed by atoms with Crippen LogP contribution in [-0.2, 0) is 9.35 Å². The molecule has 2 unspecified atom stereocenters. The van der Waals surface area contributed by atoms with Crippen LogP contribution in [-0.4, -0.2) is 29.4 Å². The quantitative estimate of drug-likeness (QED) is 0.253. The molecule has 1 N–H and O–H groups in total. The largest absolute Gasteiger partial charge is 0.310 e. The lowest BCUT2D eigenvalue weighted by molar-refractivity contribution is 0.517. The molecule has 5 heteroatoms. The van der Waals surface area contributed by atoms with Crippen LogP contribution in [0.1, 0.15) is 11.5 Å². The van der Waals surface area contributed by atoms with Crippen molar-refractivity contribution in [2.75, 3.05) is 6.26 Å². The molecule has 2 aromatic heterocycles. The van der Waals surface area contributed by atoms with E-state index < -0.39 is 14.6 Å². The molecule has 2 atom stereocenters. The lowest BCUT2D eigenvalue weighted by Crippen LogP contribution is -2.45. The summed E-state index contributed by atoms with van der Waals surface area (Å²) in [5.74, 6) is -0.208. The van der Waals surface area contributed by atoms with Gasteiger partial charge >= 0.3 is 0 Å². The number of aromatic nitrogens is 2. The first kappa shape index (κ1) is 23.9. The fraction of sp³-hybridized carbons (Fsp3) is 0.0811. The van der Waals surface area contributed by atoms with E-state index >= 15 is 4.21 Å². The van der Waals surface area contributed by atoms with Gasteiger partial charge in [0.2, 0.25) is 0 Å². The average Bonchev–Trinajstić information content (AvgIpc) is 3.58. The maximum absolute atomic E-state index is 15.0. The van der Waals surface area contributed by atoms with Gasteiger partial charge in [-0.3, -0.25) is 4.55 Å². The number of fused-ring (bicyclic) bond motifs is 9. The molecule has 3 heterocycles. The first-order valence-corrected chi connectivity index (χ1v) is 16.7. The van der Waals surface area contributed by atoms with Gasteiger partial charge in [0, 0.05) is 44.9 Å². The van der Waals surface area contributed by atoms with Crippen LogP contribution in [0.3, 0.4) is 0 Å². The van der Waals surface area contributed by atoms with Crippen LogP contribution >= 0.6 is 0 Å². The molecule has 9 rings (SSSR count). The van der Waals surface area contributed by atoms with Gasteiger partial charge < -0.3 is 9.13 Å². The molecule has 4 nitrogen and oxygen atoms in total. The number of rotatable bonds is 2. The molecule has 0 amide bonds. The maximum atomic E-state index is 15.0. The van der Waals surface area contributed by atoms with Gasteiger partial charge in [-0.25, -0.2) is 4.21 Å². The van der Waals surface area contributed by atoms with Gasteiger partial charge in [0.15, 0.2) is 0 Å². The van der Waals surface area contributed by atoms with Crippen molar-refractivity contribution in [2.45, 2.75) is 16.1 Å². The van der Waals surface area contributed by atoms with Crippen molar-refractivity contribution in [3.05, 3.63) is 137 Å². The Hall–Kier alpha value is -4.71.